The molecule has 2 N–H and O–H groups in total. The lowest BCUT2D eigenvalue weighted by molar-refractivity contribution is 0.739. The van der Waals surface area contributed by atoms with E-state index in [4.69, 9.17) is 12.3 Å². The van der Waals surface area contributed by atoms with Crippen molar-refractivity contribution in [3.63, 3.8) is 0 Å². The SMILES string of the molecule is [C-]#[N+]Cc1ccc(C2(N)CC2)cc1. The number of hydrogen-bond acceptors (Lipinski definition) is 1. The van der Waals surface area contributed by atoms with Crippen molar-refractivity contribution in [2.75, 3.05) is 0 Å². The first-order chi connectivity index (χ1) is 6.24. The maximum atomic E-state index is 6.73. The predicted molar refractivity (Wildman–Crippen MR) is 51.8 cm³/mol. The molecule has 0 aliphatic heterocycles. The molecule has 0 saturated heterocycles. The van der Waals surface area contributed by atoms with Gasteiger partial charge in [0, 0.05) is 11.1 Å². The van der Waals surface area contributed by atoms with Crippen molar-refractivity contribution in [1.29, 1.82) is 0 Å². The summed E-state index contributed by atoms with van der Waals surface area (Å²) >= 11 is 0. The Morgan fingerprint density at radius 2 is 1.92 bits per heavy atom. The van der Waals surface area contributed by atoms with Crippen LogP contribution in [0.4, 0.5) is 0 Å². The quantitative estimate of drug-likeness (QED) is 0.680. The van der Waals surface area contributed by atoms with E-state index in [1.165, 1.54) is 5.56 Å². The van der Waals surface area contributed by atoms with E-state index in [1.54, 1.807) is 0 Å². The van der Waals surface area contributed by atoms with E-state index in [0.29, 0.717) is 6.54 Å². The van der Waals surface area contributed by atoms with E-state index in [2.05, 4.69) is 4.85 Å². The monoisotopic (exact) mass is 172 g/mol. The van der Waals surface area contributed by atoms with Crippen LogP contribution in [0.15, 0.2) is 24.3 Å². The first-order valence-corrected chi connectivity index (χ1v) is 4.46. The molecule has 0 aromatic heterocycles. The molecule has 0 amide bonds. The molecule has 0 bridgehead atoms. The average molecular weight is 172 g/mol. The zero-order valence-electron chi connectivity index (χ0n) is 7.46. The highest BCUT2D eigenvalue weighted by molar-refractivity contribution is 5.32. The second-order valence-corrected chi connectivity index (χ2v) is 3.67. The van der Waals surface area contributed by atoms with Crippen LogP contribution in [-0.4, -0.2) is 0 Å². The maximum absolute atomic E-state index is 6.73. The Morgan fingerprint density at radius 3 is 2.38 bits per heavy atom. The van der Waals surface area contributed by atoms with Crippen molar-refractivity contribution in [3.05, 3.63) is 46.8 Å². The fourth-order valence-corrected chi connectivity index (χ4v) is 1.46. The van der Waals surface area contributed by atoms with Crippen molar-refractivity contribution in [2.24, 2.45) is 5.73 Å². The molecule has 0 radical (unpaired) electrons. The first-order valence-electron chi connectivity index (χ1n) is 4.46. The molecule has 0 spiro atoms. The topological polar surface area (TPSA) is 30.4 Å². The second-order valence-electron chi connectivity index (χ2n) is 3.67. The van der Waals surface area contributed by atoms with E-state index in [0.717, 1.165) is 18.4 Å². The highest BCUT2D eigenvalue weighted by Crippen LogP contribution is 2.42. The van der Waals surface area contributed by atoms with Crippen LogP contribution in [0.25, 0.3) is 4.85 Å². The average Bonchev–Trinajstić information content (AvgIpc) is 2.87. The van der Waals surface area contributed by atoms with Gasteiger partial charge in [-0.25, -0.2) is 6.57 Å². The Bertz CT molecular complexity index is 341. The smallest absolute Gasteiger partial charge is 0.239 e. The largest absolute Gasteiger partial charge is 0.321 e. The molecule has 1 saturated carbocycles. The van der Waals surface area contributed by atoms with E-state index in [1.807, 2.05) is 24.3 Å². The third-order valence-corrected chi connectivity index (χ3v) is 2.58. The number of hydrogen-bond donors (Lipinski definition) is 1. The number of nitrogens with zero attached hydrogens (tertiary/aromatic N) is 1. The van der Waals surface area contributed by atoms with Crippen molar-refractivity contribution >= 4 is 0 Å². The van der Waals surface area contributed by atoms with Gasteiger partial charge in [-0.05, 0) is 18.4 Å². The van der Waals surface area contributed by atoms with Crippen LogP contribution in [0.2, 0.25) is 0 Å². The van der Waals surface area contributed by atoms with Gasteiger partial charge in [-0.2, -0.15) is 0 Å². The molecule has 1 aromatic carbocycles. The van der Waals surface area contributed by atoms with Gasteiger partial charge < -0.3 is 10.6 Å². The molecule has 0 atom stereocenters. The molecule has 2 rings (SSSR count). The molecule has 66 valence electrons. The van der Waals surface area contributed by atoms with Gasteiger partial charge in [0.25, 0.3) is 0 Å². The van der Waals surface area contributed by atoms with Crippen LogP contribution < -0.4 is 5.73 Å². The summed E-state index contributed by atoms with van der Waals surface area (Å²) in [5, 5.41) is 0. The summed E-state index contributed by atoms with van der Waals surface area (Å²) in [7, 11) is 0. The van der Waals surface area contributed by atoms with Gasteiger partial charge in [0.2, 0.25) is 6.54 Å². The highest BCUT2D eigenvalue weighted by atomic mass is 14.8. The molecular formula is C11H12N2. The van der Waals surface area contributed by atoms with Crippen molar-refractivity contribution < 1.29 is 0 Å². The van der Waals surface area contributed by atoms with Gasteiger partial charge in [-0.15, -0.1) is 0 Å². The Morgan fingerprint density at radius 1 is 1.31 bits per heavy atom. The van der Waals surface area contributed by atoms with E-state index < -0.39 is 0 Å². The summed E-state index contributed by atoms with van der Waals surface area (Å²) in [6, 6.07) is 8.10. The summed E-state index contributed by atoms with van der Waals surface area (Å²) in [4.78, 5) is 3.33. The highest BCUT2D eigenvalue weighted by Gasteiger charge is 2.39. The lowest BCUT2D eigenvalue weighted by Crippen LogP contribution is -2.18. The minimum absolute atomic E-state index is 0.0450. The minimum atomic E-state index is -0.0450. The zero-order valence-corrected chi connectivity index (χ0v) is 7.46. The lowest BCUT2D eigenvalue weighted by Gasteiger charge is -2.08. The molecule has 1 aromatic rings. The predicted octanol–water partition coefficient (Wildman–Crippen LogP) is 2.05. The molecule has 1 fully saturated rings. The van der Waals surface area contributed by atoms with E-state index >= 15 is 0 Å². The fourth-order valence-electron chi connectivity index (χ4n) is 1.46. The first kappa shape index (κ1) is 8.28. The molecule has 1 aliphatic rings. The van der Waals surface area contributed by atoms with Crippen LogP contribution in [-0.2, 0) is 12.1 Å². The van der Waals surface area contributed by atoms with Gasteiger partial charge in [0.1, 0.15) is 0 Å². The standard InChI is InChI=1S/C11H12N2/c1-13-8-9-2-4-10(5-3-9)11(12)6-7-11/h2-5H,6-8,12H2. The number of nitrogens with two attached hydrogens (primary N) is 1. The number of rotatable bonds is 2. The normalized spacial score (nSPS) is 17.8. The van der Waals surface area contributed by atoms with E-state index in [-0.39, 0.29) is 5.54 Å². The lowest BCUT2D eigenvalue weighted by atomic mass is 10.0. The van der Waals surface area contributed by atoms with Crippen LogP contribution in [0.3, 0.4) is 0 Å². The Balaban J connectivity index is 2.20. The summed E-state index contributed by atoms with van der Waals surface area (Å²) in [6.45, 7) is 7.20. The van der Waals surface area contributed by atoms with Gasteiger partial charge >= 0.3 is 0 Å². The second kappa shape index (κ2) is 2.86. The fraction of sp³-hybridized carbons (Fsp3) is 0.364. The summed E-state index contributed by atoms with van der Waals surface area (Å²) < 4.78 is 0. The van der Waals surface area contributed by atoms with Gasteiger partial charge in [0.05, 0.1) is 0 Å². The van der Waals surface area contributed by atoms with Crippen LogP contribution in [0.1, 0.15) is 24.0 Å². The molecular weight excluding hydrogens is 160 g/mol. The van der Waals surface area contributed by atoms with Crippen LogP contribution in [0.5, 0.6) is 0 Å². The number of benzene rings is 1. The van der Waals surface area contributed by atoms with Crippen LogP contribution >= 0.6 is 0 Å². The Hall–Kier alpha value is -1.33. The molecule has 2 nitrogen and oxygen atoms in total. The van der Waals surface area contributed by atoms with Gasteiger partial charge in [-0.1, -0.05) is 24.3 Å². The third kappa shape index (κ3) is 1.56. The molecule has 0 heterocycles. The molecule has 1 aliphatic carbocycles. The Kier molecular flexibility index (Phi) is 1.82. The minimum Gasteiger partial charge on any atom is -0.321 e. The summed E-state index contributed by atoms with van der Waals surface area (Å²) in [5.41, 5.74) is 8.27. The van der Waals surface area contributed by atoms with Gasteiger partial charge in [-0.3, -0.25) is 0 Å². The van der Waals surface area contributed by atoms with Gasteiger partial charge in [0.15, 0.2) is 0 Å². The maximum Gasteiger partial charge on any atom is 0.239 e. The van der Waals surface area contributed by atoms with E-state index in [9.17, 15) is 0 Å². The van der Waals surface area contributed by atoms with Crippen molar-refractivity contribution in [2.45, 2.75) is 24.9 Å². The zero-order chi connectivity index (χ0) is 9.31. The summed E-state index contributed by atoms with van der Waals surface area (Å²) in [6.07, 6.45) is 2.18. The van der Waals surface area contributed by atoms with Crippen molar-refractivity contribution in [1.82, 2.24) is 0 Å². The molecule has 13 heavy (non-hydrogen) atoms. The molecule has 0 unspecified atom stereocenters. The summed E-state index contributed by atoms with van der Waals surface area (Å²) in [5.74, 6) is 0. The van der Waals surface area contributed by atoms with Crippen LogP contribution in [0, 0.1) is 6.57 Å². The Labute approximate surface area is 78.2 Å². The molecule has 2 heteroatoms. The van der Waals surface area contributed by atoms with Crippen molar-refractivity contribution in [3.8, 4) is 0 Å². The third-order valence-electron chi connectivity index (χ3n) is 2.58.